The summed E-state index contributed by atoms with van der Waals surface area (Å²) in [7, 11) is -9.39. The van der Waals surface area contributed by atoms with Crippen LogP contribution in [0.1, 0.15) is 31.0 Å². The second-order valence-electron chi connectivity index (χ2n) is 8.58. The van der Waals surface area contributed by atoms with Crippen molar-refractivity contribution in [1.82, 2.24) is 9.78 Å². The number of carbonyl (C=O) groups is 1. The minimum Gasteiger partial charge on any atom is -0.744 e. The van der Waals surface area contributed by atoms with Gasteiger partial charge < -0.3 is 14.2 Å². The predicted octanol–water partition coefficient (Wildman–Crippen LogP) is -4.17. The summed E-state index contributed by atoms with van der Waals surface area (Å²) in [4.78, 5) is 12.3. The topological polar surface area (TPSA) is 233 Å². The van der Waals surface area contributed by atoms with E-state index in [0.29, 0.717) is 12.0 Å². The molecule has 0 saturated carbocycles. The molecule has 1 aliphatic rings. The maximum Gasteiger partial charge on any atom is 1.00 e. The van der Waals surface area contributed by atoms with Gasteiger partial charge in [-0.25, -0.2) is 16.8 Å². The Balaban J connectivity index is 0.00000323. The number of benzene rings is 2. The Morgan fingerprint density at radius 1 is 0.907 bits per heavy atom. The molecule has 0 bridgehead atoms. The SMILES string of the molecule is CC/C(CCc1c(C#N)nn(-c2ccc(S(=O)(=O)[O-])cc2)c1O)=C1/C(=O)N(c2ccc(S(=O)(=O)[O-])cc2)N=C1C#N.[Na+].[Na+]. The summed E-state index contributed by atoms with van der Waals surface area (Å²) in [5.41, 5.74) is 0.608. The number of nitriles is 2. The van der Waals surface area contributed by atoms with Crippen molar-refractivity contribution in [3.05, 3.63) is 70.9 Å². The third-order valence-electron chi connectivity index (χ3n) is 6.21. The van der Waals surface area contributed by atoms with Gasteiger partial charge in [0, 0.05) is 0 Å². The van der Waals surface area contributed by atoms with Crippen molar-refractivity contribution < 1.29 is 95.0 Å². The molecular formula is C25H18N6Na2O8S2. The van der Waals surface area contributed by atoms with Crippen LogP contribution in [0.4, 0.5) is 5.69 Å². The van der Waals surface area contributed by atoms with Gasteiger partial charge in [0.25, 0.3) is 5.91 Å². The smallest absolute Gasteiger partial charge is 0.744 e. The molecule has 1 aliphatic heterocycles. The molecule has 2 aromatic carbocycles. The maximum atomic E-state index is 13.3. The summed E-state index contributed by atoms with van der Waals surface area (Å²) < 4.78 is 68.2. The fraction of sp³-hybridized carbons (Fsp3) is 0.160. The van der Waals surface area contributed by atoms with Gasteiger partial charge in [0.1, 0.15) is 32.4 Å². The molecule has 0 atom stereocenters. The van der Waals surface area contributed by atoms with Crippen molar-refractivity contribution >= 4 is 37.5 Å². The molecule has 2 heterocycles. The predicted molar refractivity (Wildman–Crippen MR) is 138 cm³/mol. The molecule has 4 rings (SSSR count). The summed E-state index contributed by atoms with van der Waals surface area (Å²) in [6.07, 6.45) is 0.433. The molecule has 1 amide bonds. The second kappa shape index (κ2) is 14.3. The van der Waals surface area contributed by atoms with Crippen LogP contribution < -0.4 is 64.1 Å². The fourth-order valence-electron chi connectivity index (χ4n) is 4.18. The summed E-state index contributed by atoms with van der Waals surface area (Å²) in [5.74, 6) is -1.08. The number of nitrogens with zero attached hydrogens (tertiary/aromatic N) is 6. The monoisotopic (exact) mass is 640 g/mol. The summed E-state index contributed by atoms with van der Waals surface area (Å²) in [5, 5.41) is 39.1. The third-order valence-corrected chi connectivity index (χ3v) is 7.91. The van der Waals surface area contributed by atoms with E-state index in [1.165, 1.54) is 24.3 Å². The van der Waals surface area contributed by atoms with Crippen molar-refractivity contribution in [3.63, 3.8) is 0 Å². The molecule has 210 valence electrons. The quantitative estimate of drug-likeness (QED) is 0.141. The Hall–Kier alpha value is -2.87. The molecular weight excluding hydrogens is 622 g/mol. The minimum atomic E-state index is -4.71. The van der Waals surface area contributed by atoms with Gasteiger partial charge in [0.05, 0.1) is 32.3 Å². The van der Waals surface area contributed by atoms with Crippen LogP contribution in [0.3, 0.4) is 0 Å². The van der Waals surface area contributed by atoms with Crippen LogP contribution in [-0.2, 0) is 31.5 Å². The Bertz CT molecular complexity index is 1920. The van der Waals surface area contributed by atoms with Gasteiger partial charge in [-0.05, 0) is 67.8 Å². The van der Waals surface area contributed by atoms with E-state index in [1.807, 2.05) is 12.1 Å². The van der Waals surface area contributed by atoms with Gasteiger partial charge >= 0.3 is 59.1 Å². The summed E-state index contributed by atoms with van der Waals surface area (Å²) in [6, 6.07) is 12.8. The van der Waals surface area contributed by atoms with E-state index in [2.05, 4.69) is 10.2 Å². The Kier molecular flexibility index (Phi) is 12.1. The number of carbonyl (C=O) groups excluding carboxylic acids is 1. The molecule has 0 spiro atoms. The summed E-state index contributed by atoms with van der Waals surface area (Å²) in [6.45, 7) is 1.74. The number of aromatic nitrogens is 2. The molecule has 43 heavy (non-hydrogen) atoms. The molecule has 0 fully saturated rings. The van der Waals surface area contributed by atoms with Crippen LogP contribution in [0, 0.1) is 22.7 Å². The van der Waals surface area contributed by atoms with Crippen LogP contribution >= 0.6 is 0 Å². The minimum absolute atomic E-state index is 0. The van der Waals surface area contributed by atoms with E-state index in [4.69, 9.17) is 0 Å². The molecule has 1 aromatic heterocycles. The number of aromatic hydroxyl groups is 1. The largest absolute Gasteiger partial charge is 1.00 e. The first-order chi connectivity index (χ1) is 19.3. The van der Waals surface area contributed by atoms with Gasteiger partial charge in [0.2, 0.25) is 5.88 Å². The van der Waals surface area contributed by atoms with E-state index < -0.39 is 41.8 Å². The van der Waals surface area contributed by atoms with E-state index in [1.54, 1.807) is 6.92 Å². The molecule has 0 unspecified atom stereocenters. The van der Waals surface area contributed by atoms with Crippen molar-refractivity contribution in [1.29, 1.82) is 10.5 Å². The first kappa shape index (κ1) is 36.3. The van der Waals surface area contributed by atoms with Crippen LogP contribution in [0.2, 0.25) is 0 Å². The molecule has 18 heteroatoms. The average Bonchev–Trinajstić information content (AvgIpc) is 3.44. The van der Waals surface area contributed by atoms with Gasteiger partial charge in [0.15, 0.2) is 11.4 Å². The number of hydrazone groups is 1. The normalized spacial score (nSPS) is 14.2. The van der Waals surface area contributed by atoms with Crippen molar-refractivity contribution in [2.24, 2.45) is 5.10 Å². The zero-order valence-corrected chi connectivity index (χ0v) is 28.7. The van der Waals surface area contributed by atoms with Crippen molar-refractivity contribution in [3.8, 4) is 23.7 Å². The molecule has 14 nitrogen and oxygen atoms in total. The van der Waals surface area contributed by atoms with E-state index in [0.717, 1.165) is 34.0 Å². The number of hydrogen-bond acceptors (Lipinski definition) is 12. The fourth-order valence-corrected chi connectivity index (χ4v) is 5.12. The molecule has 0 radical (unpaired) electrons. The first-order valence-corrected chi connectivity index (χ1v) is 14.5. The van der Waals surface area contributed by atoms with E-state index in [9.17, 15) is 46.4 Å². The van der Waals surface area contributed by atoms with Crippen LogP contribution in [0.15, 0.2) is 74.6 Å². The standard InChI is InChI=1S/C25H20N6O8S2.2Na/c1-2-15(23-22(14-27)29-31(25(23)33)17-6-10-19(11-7-17)41(37,38)39)3-12-20-21(13-26)28-30(24(20)32)16-4-8-18(9-5-16)40(34,35)36;;/h4-11,32H,2-3,12H2,1H3,(H,34,35,36)(H,37,38,39);;/q;2*+1/p-2/b23-15-;;. The van der Waals surface area contributed by atoms with Crippen molar-refractivity contribution in [2.45, 2.75) is 36.0 Å². The van der Waals surface area contributed by atoms with Crippen molar-refractivity contribution in [2.75, 3.05) is 5.01 Å². The molecule has 1 N–H and O–H groups in total. The molecule has 3 aromatic rings. The average molecular weight is 641 g/mol. The Labute approximate surface area is 291 Å². The number of allylic oxidation sites excluding steroid dienone is 1. The maximum absolute atomic E-state index is 13.3. The van der Waals surface area contributed by atoms with Gasteiger partial charge in [-0.1, -0.05) is 12.5 Å². The van der Waals surface area contributed by atoms with E-state index in [-0.39, 0.29) is 106 Å². The summed E-state index contributed by atoms with van der Waals surface area (Å²) >= 11 is 0. The van der Waals surface area contributed by atoms with Gasteiger partial charge in [-0.3, -0.25) is 4.79 Å². The zero-order valence-electron chi connectivity index (χ0n) is 23.0. The van der Waals surface area contributed by atoms with E-state index >= 15 is 0 Å². The third kappa shape index (κ3) is 7.62. The number of anilines is 1. The Morgan fingerprint density at radius 3 is 1.86 bits per heavy atom. The van der Waals surface area contributed by atoms with Gasteiger partial charge in [-0.2, -0.15) is 30.4 Å². The molecule has 0 aliphatic carbocycles. The number of amides is 1. The molecule has 0 saturated heterocycles. The zero-order chi connectivity index (χ0) is 30.1. The van der Waals surface area contributed by atoms with Crippen LogP contribution in [0.5, 0.6) is 5.88 Å². The van der Waals surface area contributed by atoms with Gasteiger partial charge in [-0.15, -0.1) is 0 Å². The second-order valence-corrected chi connectivity index (χ2v) is 11.3. The number of hydrogen-bond donors (Lipinski definition) is 1. The van der Waals surface area contributed by atoms with Crippen LogP contribution in [0.25, 0.3) is 5.69 Å². The Morgan fingerprint density at radius 2 is 1.42 bits per heavy atom. The first-order valence-electron chi connectivity index (χ1n) is 11.7. The number of rotatable bonds is 8. The van der Waals surface area contributed by atoms with Crippen LogP contribution in [-0.4, -0.2) is 52.4 Å².